The summed E-state index contributed by atoms with van der Waals surface area (Å²) in [6, 6.07) is 14.1. The molecule has 2 aromatic rings. The molecule has 94 valence electrons. The fourth-order valence-electron chi connectivity index (χ4n) is 1.86. The second-order valence-corrected chi connectivity index (χ2v) is 5.51. The van der Waals surface area contributed by atoms with Crippen molar-refractivity contribution in [1.29, 1.82) is 0 Å². The van der Waals surface area contributed by atoms with Crippen LogP contribution in [-0.4, -0.2) is 0 Å². The standard InChI is InChI=1S/C15H15BrClN/c1-2-10-3-5-11(6-4-10)15(18)12-7-8-14(17)13(16)9-12/h3-9,15H,2,18H2,1H3. The highest BCUT2D eigenvalue weighted by molar-refractivity contribution is 9.10. The topological polar surface area (TPSA) is 26.0 Å². The SMILES string of the molecule is CCc1ccc(C(N)c2ccc(Cl)c(Br)c2)cc1. The van der Waals surface area contributed by atoms with Gasteiger partial charge in [-0.15, -0.1) is 0 Å². The van der Waals surface area contributed by atoms with E-state index in [4.69, 9.17) is 17.3 Å². The van der Waals surface area contributed by atoms with Crippen LogP contribution in [0.1, 0.15) is 29.7 Å². The molecule has 0 radical (unpaired) electrons. The van der Waals surface area contributed by atoms with Crippen LogP contribution in [0.3, 0.4) is 0 Å². The summed E-state index contributed by atoms with van der Waals surface area (Å²) in [6.07, 6.45) is 1.04. The lowest BCUT2D eigenvalue weighted by Crippen LogP contribution is -2.11. The molecule has 0 amide bonds. The molecule has 0 aliphatic carbocycles. The molecule has 2 aromatic carbocycles. The molecule has 18 heavy (non-hydrogen) atoms. The third-order valence-corrected chi connectivity index (χ3v) is 4.26. The minimum absolute atomic E-state index is 0.121. The molecule has 0 bridgehead atoms. The zero-order chi connectivity index (χ0) is 13.1. The van der Waals surface area contributed by atoms with Gasteiger partial charge >= 0.3 is 0 Å². The van der Waals surface area contributed by atoms with Crippen LogP contribution in [0.2, 0.25) is 5.02 Å². The Labute approximate surface area is 121 Å². The molecule has 3 heteroatoms. The Bertz CT molecular complexity index is 537. The molecule has 1 unspecified atom stereocenters. The molecule has 0 spiro atoms. The van der Waals surface area contributed by atoms with Crippen LogP contribution in [0.25, 0.3) is 0 Å². The van der Waals surface area contributed by atoms with Gasteiger partial charge in [-0.2, -0.15) is 0 Å². The van der Waals surface area contributed by atoms with Crippen molar-refractivity contribution >= 4 is 27.5 Å². The fourth-order valence-corrected chi connectivity index (χ4v) is 2.37. The third kappa shape index (κ3) is 2.94. The van der Waals surface area contributed by atoms with Crippen LogP contribution in [0.5, 0.6) is 0 Å². The van der Waals surface area contributed by atoms with Crippen LogP contribution in [0.15, 0.2) is 46.9 Å². The Hall–Kier alpha value is -0.830. The summed E-state index contributed by atoms with van der Waals surface area (Å²) >= 11 is 9.41. The first-order valence-electron chi connectivity index (χ1n) is 5.91. The summed E-state index contributed by atoms with van der Waals surface area (Å²) in [6.45, 7) is 2.14. The van der Waals surface area contributed by atoms with Gasteiger partial charge < -0.3 is 5.73 Å². The number of benzene rings is 2. The van der Waals surface area contributed by atoms with Gasteiger partial charge in [-0.05, 0) is 51.2 Å². The van der Waals surface area contributed by atoms with Crippen LogP contribution < -0.4 is 5.73 Å². The number of halogens is 2. The van der Waals surface area contributed by atoms with Gasteiger partial charge in [0.2, 0.25) is 0 Å². The van der Waals surface area contributed by atoms with Crippen molar-refractivity contribution < 1.29 is 0 Å². The summed E-state index contributed by atoms with van der Waals surface area (Å²) in [5, 5.41) is 0.701. The van der Waals surface area contributed by atoms with Gasteiger partial charge in [0.05, 0.1) is 11.1 Å². The summed E-state index contributed by atoms with van der Waals surface area (Å²) < 4.78 is 0.877. The lowest BCUT2D eigenvalue weighted by molar-refractivity contribution is 0.869. The van der Waals surface area contributed by atoms with Crippen molar-refractivity contribution in [3.05, 3.63) is 68.7 Å². The smallest absolute Gasteiger partial charge is 0.0552 e. The normalized spacial score (nSPS) is 12.4. The monoisotopic (exact) mass is 323 g/mol. The third-order valence-electron chi connectivity index (χ3n) is 3.05. The highest BCUT2D eigenvalue weighted by Crippen LogP contribution is 2.28. The van der Waals surface area contributed by atoms with E-state index in [1.54, 1.807) is 0 Å². The van der Waals surface area contributed by atoms with Gasteiger partial charge in [0.25, 0.3) is 0 Å². The van der Waals surface area contributed by atoms with Gasteiger partial charge in [0.15, 0.2) is 0 Å². The summed E-state index contributed by atoms with van der Waals surface area (Å²) in [5.41, 5.74) is 9.75. The maximum absolute atomic E-state index is 6.26. The van der Waals surface area contributed by atoms with Crippen LogP contribution in [0.4, 0.5) is 0 Å². The highest BCUT2D eigenvalue weighted by atomic mass is 79.9. The zero-order valence-electron chi connectivity index (χ0n) is 10.2. The maximum atomic E-state index is 6.26. The molecule has 1 nitrogen and oxygen atoms in total. The van der Waals surface area contributed by atoms with E-state index in [-0.39, 0.29) is 6.04 Å². The summed E-state index contributed by atoms with van der Waals surface area (Å²) in [4.78, 5) is 0. The van der Waals surface area contributed by atoms with Crippen molar-refractivity contribution in [3.63, 3.8) is 0 Å². The zero-order valence-corrected chi connectivity index (χ0v) is 12.5. The Morgan fingerprint density at radius 3 is 2.28 bits per heavy atom. The van der Waals surface area contributed by atoms with Crippen LogP contribution in [0, 0.1) is 0 Å². The average molecular weight is 325 g/mol. The first-order chi connectivity index (χ1) is 8.61. The minimum Gasteiger partial charge on any atom is -0.320 e. The van der Waals surface area contributed by atoms with Crippen LogP contribution >= 0.6 is 27.5 Å². The fraction of sp³-hybridized carbons (Fsp3) is 0.200. The molecule has 0 aliphatic heterocycles. The Morgan fingerprint density at radius 2 is 1.72 bits per heavy atom. The molecule has 0 heterocycles. The van der Waals surface area contributed by atoms with Crippen molar-refractivity contribution in [2.45, 2.75) is 19.4 Å². The van der Waals surface area contributed by atoms with Crippen LogP contribution in [-0.2, 0) is 6.42 Å². The van der Waals surface area contributed by atoms with Gasteiger partial charge in [0, 0.05) is 4.47 Å². The molecule has 0 fully saturated rings. The number of hydrogen-bond acceptors (Lipinski definition) is 1. The van der Waals surface area contributed by atoms with Crippen molar-refractivity contribution in [2.24, 2.45) is 5.73 Å². The Balaban J connectivity index is 2.28. The molecular formula is C15H15BrClN. The van der Waals surface area contributed by atoms with E-state index in [1.165, 1.54) is 5.56 Å². The predicted octanol–water partition coefficient (Wildman–Crippen LogP) is 4.71. The first kappa shape index (κ1) is 13.6. The molecule has 2 N–H and O–H groups in total. The molecule has 2 rings (SSSR count). The van der Waals surface area contributed by atoms with Gasteiger partial charge in [-0.25, -0.2) is 0 Å². The predicted molar refractivity (Wildman–Crippen MR) is 81.0 cm³/mol. The molecule has 0 aliphatic rings. The minimum atomic E-state index is -0.121. The number of nitrogens with two attached hydrogens (primary N) is 1. The van der Waals surface area contributed by atoms with Crippen molar-refractivity contribution in [3.8, 4) is 0 Å². The summed E-state index contributed by atoms with van der Waals surface area (Å²) in [5.74, 6) is 0. The number of rotatable bonds is 3. The van der Waals surface area contributed by atoms with E-state index in [0.717, 1.165) is 22.0 Å². The molecule has 0 saturated heterocycles. The van der Waals surface area contributed by atoms with E-state index in [1.807, 2.05) is 18.2 Å². The molecule has 1 atom stereocenters. The Morgan fingerprint density at radius 1 is 1.11 bits per heavy atom. The molecule has 0 aromatic heterocycles. The van der Waals surface area contributed by atoms with E-state index in [0.29, 0.717) is 5.02 Å². The highest BCUT2D eigenvalue weighted by Gasteiger charge is 2.10. The van der Waals surface area contributed by atoms with E-state index in [9.17, 15) is 0 Å². The van der Waals surface area contributed by atoms with Crippen molar-refractivity contribution in [2.75, 3.05) is 0 Å². The second kappa shape index (κ2) is 5.87. The average Bonchev–Trinajstić information content (AvgIpc) is 2.41. The largest absolute Gasteiger partial charge is 0.320 e. The van der Waals surface area contributed by atoms with Gasteiger partial charge in [-0.1, -0.05) is 48.9 Å². The summed E-state index contributed by atoms with van der Waals surface area (Å²) in [7, 11) is 0. The lowest BCUT2D eigenvalue weighted by Gasteiger charge is -2.14. The molecular weight excluding hydrogens is 310 g/mol. The van der Waals surface area contributed by atoms with E-state index in [2.05, 4.69) is 47.1 Å². The quantitative estimate of drug-likeness (QED) is 0.869. The van der Waals surface area contributed by atoms with E-state index >= 15 is 0 Å². The van der Waals surface area contributed by atoms with Crippen molar-refractivity contribution in [1.82, 2.24) is 0 Å². The van der Waals surface area contributed by atoms with Gasteiger partial charge in [-0.3, -0.25) is 0 Å². The molecule has 0 saturated carbocycles. The van der Waals surface area contributed by atoms with E-state index < -0.39 is 0 Å². The maximum Gasteiger partial charge on any atom is 0.0552 e. The number of aryl methyl sites for hydroxylation is 1. The lowest BCUT2D eigenvalue weighted by atomic mass is 9.98. The first-order valence-corrected chi connectivity index (χ1v) is 7.08. The Kier molecular flexibility index (Phi) is 4.44. The van der Waals surface area contributed by atoms with Gasteiger partial charge in [0.1, 0.15) is 0 Å². The number of hydrogen-bond donors (Lipinski definition) is 1. The second-order valence-electron chi connectivity index (χ2n) is 4.25.